The van der Waals surface area contributed by atoms with Gasteiger partial charge in [0.05, 0.1) is 6.61 Å². The highest BCUT2D eigenvalue weighted by Gasteiger charge is 2.14. The van der Waals surface area contributed by atoms with Gasteiger partial charge in [0.1, 0.15) is 0 Å². The normalized spacial score (nSPS) is 10.3. The number of carbonyl (C=O) groups is 2. The van der Waals surface area contributed by atoms with Crippen LogP contribution in [0, 0.1) is 6.92 Å². The van der Waals surface area contributed by atoms with Crippen molar-refractivity contribution in [1.29, 1.82) is 0 Å². The molecule has 1 rings (SSSR count). The van der Waals surface area contributed by atoms with Crippen LogP contribution in [0.15, 0.2) is 24.3 Å². The molecule has 0 radical (unpaired) electrons. The Morgan fingerprint density at radius 1 is 1.00 bits per heavy atom. The second-order valence-electron chi connectivity index (χ2n) is 5.57. The first-order chi connectivity index (χ1) is 10.6. The van der Waals surface area contributed by atoms with Crippen molar-refractivity contribution in [1.82, 2.24) is 5.32 Å². The van der Waals surface area contributed by atoms with Crippen molar-refractivity contribution in [2.75, 3.05) is 6.61 Å². The van der Waals surface area contributed by atoms with Crippen LogP contribution in [-0.4, -0.2) is 18.5 Å². The lowest BCUT2D eigenvalue weighted by Gasteiger charge is -2.06. The highest BCUT2D eigenvalue weighted by molar-refractivity contribution is 6.32. The number of amides is 1. The maximum atomic E-state index is 11.6. The fourth-order valence-corrected chi connectivity index (χ4v) is 2.07. The zero-order valence-corrected chi connectivity index (χ0v) is 13.7. The largest absolute Gasteiger partial charge is 0.459 e. The highest BCUT2D eigenvalue weighted by Crippen LogP contribution is 2.05. The van der Waals surface area contributed by atoms with Crippen LogP contribution in [0.1, 0.15) is 56.6 Å². The van der Waals surface area contributed by atoms with Gasteiger partial charge in [-0.05, 0) is 18.9 Å². The zero-order chi connectivity index (χ0) is 16.2. The van der Waals surface area contributed by atoms with E-state index in [-0.39, 0.29) is 0 Å². The van der Waals surface area contributed by atoms with Gasteiger partial charge in [0.15, 0.2) is 0 Å². The molecule has 1 N–H and O–H groups in total. The average molecular weight is 305 g/mol. The Balaban J connectivity index is 2.11. The summed E-state index contributed by atoms with van der Waals surface area (Å²) in [5.41, 5.74) is 2.12. The first-order valence-corrected chi connectivity index (χ1v) is 8.14. The fourth-order valence-electron chi connectivity index (χ4n) is 2.07. The minimum Gasteiger partial charge on any atom is -0.459 e. The molecule has 0 atom stereocenters. The fraction of sp³-hybridized carbons (Fsp3) is 0.556. The van der Waals surface area contributed by atoms with Crippen molar-refractivity contribution in [2.45, 2.75) is 58.9 Å². The van der Waals surface area contributed by atoms with E-state index in [1.807, 2.05) is 31.2 Å². The first-order valence-electron chi connectivity index (χ1n) is 8.14. The van der Waals surface area contributed by atoms with Crippen LogP contribution in [0.5, 0.6) is 0 Å². The molecule has 4 heteroatoms. The molecule has 0 saturated carbocycles. The summed E-state index contributed by atoms with van der Waals surface area (Å²) in [6.07, 6.45) is 6.71. The summed E-state index contributed by atoms with van der Waals surface area (Å²) in [4.78, 5) is 23.1. The second-order valence-corrected chi connectivity index (χ2v) is 5.57. The van der Waals surface area contributed by atoms with Crippen LogP contribution in [0.4, 0.5) is 0 Å². The number of carbonyl (C=O) groups excluding carboxylic acids is 2. The molecule has 0 saturated heterocycles. The summed E-state index contributed by atoms with van der Waals surface area (Å²) in [5.74, 6) is -1.47. The summed E-state index contributed by atoms with van der Waals surface area (Å²) >= 11 is 0. The van der Waals surface area contributed by atoms with Gasteiger partial charge in [-0.15, -0.1) is 0 Å². The summed E-state index contributed by atoms with van der Waals surface area (Å²) in [7, 11) is 0. The van der Waals surface area contributed by atoms with E-state index in [2.05, 4.69) is 12.2 Å². The van der Waals surface area contributed by atoms with Crippen molar-refractivity contribution in [3.63, 3.8) is 0 Å². The molecule has 0 aliphatic carbocycles. The number of rotatable bonds is 9. The predicted octanol–water partition coefficient (Wildman–Crippen LogP) is 3.51. The van der Waals surface area contributed by atoms with Gasteiger partial charge in [-0.25, -0.2) is 4.79 Å². The number of benzene rings is 1. The molecule has 0 heterocycles. The van der Waals surface area contributed by atoms with Crippen LogP contribution in [0.2, 0.25) is 0 Å². The Morgan fingerprint density at radius 3 is 2.32 bits per heavy atom. The molecule has 4 nitrogen and oxygen atoms in total. The van der Waals surface area contributed by atoms with E-state index in [1.54, 1.807) is 0 Å². The molecule has 122 valence electrons. The van der Waals surface area contributed by atoms with Gasteiger partial charge >= 0.3 is 11.9 Å². The predicted molar refractivity (Wildman–Crippen MR) is 87.4 cm³/mol. The summed E-state index contributed by atoms with van der Waals surface area (Å²) in [6, 6.07) is 7.80. The molecule has 0 spiro atoms. The van der Waals surface area contributed by atoms with Gasteiger partial charge in [0, 0.05) is 6.54 Å². The van der Waals surface area contributed by atoms with E-state index in [4.69, 9.17) is 4.74 Å². The molecule has 1 amide bonds. The maximum absolute atomic E-state index is 11.6. The Morgan fingerprint density at radius 2 is 1.64 bits per heavy atom. The first kappa shape index (κ1) is 18.2. The van der Waals surface area contributed by atoms with E-state index in [0.717, 1.165) is 30.4 Å². The van der Waals surface area contributed by atoms with Gasteiger partial charge in [0.2, 0.25) is 0 Å². The van der Waals surface area contributed by atoms with Gasteiger partial charge in [-0.3, -0.25) is 4.79 Å². The van der Waals surface area contributed by atoms with Crippen LogP contribution in [0.3, 0.4) is 0 Å². The number of hydrogen-bond donors (Lipinski definition) is 1. The highest BCUT2D eigenvalue weighted by atomic mass is 16.5. The molecule has 0 aromatic heterocycles. The number of aryl methyl sites for hydroxylation is 1. The third kappa shape index (κ3) is 7.81. The monoisotopic (exact) mass is 305 g/mol. The summed E-state index contributed by atoms with van der Waals surface area (Å²) in [5, 5.41) is 2.57. The zero-order valence-electron chi connectivity index (χ0n) is 13.7. The molecule has 0 fully saturated rings. The minimum atomic E-state index is -0.791. The van der Waals surface area contributed by atoms with Crippen molar-refractivity contribution in [3.05, 3.63) is 35.4 Å². The Labute approximate surface area is 133 Å². The van der Waals surface area contributed by atoms with Gasteiger partial charge in [-0.1, -0.05) is 68.9 Å². The van der Waals surface area contributed by atoms with E-state index in [0.29, 0.717) is 13.2 Å². The van der Waals surface area contributed by atoms with Gasteiger partial charge < -0.3 is 10.1 Å². The van der Waals surface area contributed by atoms with Gasteiger partial charge in [0.25, 0.3) is 0 Å². The quantitative estimate of drug-likeness (QED) is 0.431. The molecule has 0 unspecified atom stereocenters. The molecule has 0 aliphatic heterocycles. The Kier molecular flexibility index (Phi) is 8.96. The maximum Gasteiger partial charge on any atom is 0.396 e. The second kappa shape index (κ2) is 10.8. The van der Waals surface area contributed by atoms with E-state index in [1.165, 1.54) is 19.3 Å². The van der Waals surface area contributed by atoms with E-state index >= 15 is 0 Å². The smallest absolute Gasteiger partial charge is 0.396 e. The Bertz CT molecular complexity index is 454. The molecule has 1 aromatic carbocycles. The standard InChI is InChI=1S/C18H27NO3/c1-3-4-5-6-7-8-13-22-18(21)17(20)19-14-16-11-9-15(2)10-12-16/h9-12H,3-8,13-14H2,1-2H3,(H,19,20). The van der Waals surface area contributed by atoms with E-state index in [9.17, 15) is 9.59 Å². The number of nitrogens with one attached hydrogen (secondary N) is 1. The number of hydrogen-bond acceptors (Lipinski definition) is 3. The molecule has 1 aromatic rings. The minimum absolute atomic E-state index is 0.322. The van der Waals surface area contributed by atoms with Crippen molar-refractivity contribution >= 4 is 11.9 Å². The van der Waals surface area contributed by atoms with Crippen molar-refractivity contribution in [2.24, 2.45) is 0 Å². The third-order valence-corrected chi connectivity index (χ3v) is 3.49. The molecule has 0 bridgehead atoms. The molecule has 0 aliphatic rings. The number of ether oxygens (including phenoxy) is 1. The lowest BCUT2D eigenvalue weighted by Crippen LogP contribution is -2.32. The van der Waals surface area contributed by atoms with Crippen LogP contribution < -0.4 is 5.32 Å². The van der Waals surface area contributed by atoms with Crippen molar-refractivity contribution in [3.8, 4) is 0 Å². The topological polar surface area (TPSA) is 55.4 Å². The molecular formula is C18H27NO3. The van der Waals surface area contributed by atoms with Crippen LogP contribution >= 0.6 is 0 Å². The van der Waals surface area contributed by atoms with E-state index < -0.39 is 11.9 Å². The van der Waals surface area contributed by atoms with Crippen LogP contribution in [0.25, 0.3) is 0 Å². The number of unbranched alkanes of at least 4 members (excludes halogenated alkanes) is 5. The third-order valence-electron chi connectivity index (χ3n) is 3.49. The molecule has 22 heavy (non-hydrogen) atoms. The van der Waals surface area contributed by atoms with Gasteiger partial charge in [-0.2, -0.15) is 0 Å². The molecular weight excluding hydrogens is 278 g/mol. The van der Waals surface area contributed by atoms with Crippen molar-refractivity contribution < 1.29 is 14.3 Å². The SMILES string of the molecule is CCCCCCCCOC(=O)C(=O)NCc1ccc(C)cc1. The van der Waals surface area contributed by atoms with Crippen LogP contribution in [-0.2, 0) is 20.9 Å². The lowest BCUT2D eigenvalue weighted by molar-refractivity contribution is -0.155. The Hall–Kier alpha value is -1.84. The lowest BCUT2D eigenvalue weighted by atomic mass is 10.1. The summed E-state index contributed by atoms with van der Waals surface area (Å²) < 4.78 is 4.97. The summed E-state index contributed by atoms with van der Waals surface area (Å²) in [6.45, 7) is 4.84. The number of esters is 1. The average Bonchev–Trinajstić information content (AvgIpc) is 2.53.